The molecule has 1 aromatic carbocycles. The lowest BCUT2D eigenvalue weighted by Gasteiger charge is -2.07. The third kappa shape index (κ3) is 5.98. The number of benzene rings is 1. The van der Waals surface area contributed by atoms with E-state index in [-0.39, 0.29) is 12.0 Å². The molecule has 0 bridgehead atoms. The van der Waals surface area contributed by atoms with Crippen LogP contribution in [0.3, 0.4) is 0 Å². The number of aliphatic hydroxyl groups excluding tert-OH is 1. The maximum absolute atomic E-state index is 11.5. The van der Waals surface area contributed by atoms with Crippen LogP contribution in [-0.4, -0.2) is 23.7 Å². The third-order valence-corrected chi connectivity index (χ3v) is 3.07. The Balaban J connectivity index is 2.33. The molecule has 1 amide bonds. The summed E-state index contributed by atoms with van der Waals surface area (Å²) in [4.78, 5) is 11.5. The Morgan fingerprint density at radius 1 is 1.44 bits per heavy atom. The van der Waals surface area contributed by atoms with E-state index in [1.165, 1.54) is 6.08 Å². The monoisotopic (exact) mass is 311 g/mol. The van der Waals surface area contributed by atoms with E-state index in [0.717, 1.165) is 10.0 Å². The smallest absolute Gasteiger partial charge is 0.244 e. The molecule has 1 rings (SSSR count). The molecule has 0 heterocycles. The summed E-state index contributed by atoms with van der Waals surface area (Å²) in [5.74, 6) is -0.138. The summed E-state index contributed by atoms with van der Waals surface area (Å²) >= 11 is 3.35. The van der Waals surface area contributed by atoms with E-state index in [2.05, 4.69) is 21.2 Å². The zero-order chi connectivity index (χ0) is 13.4. The van der Waals surface area contributed by atoms with Crippen molar-refractivity contribution in [2.75, 3.05) is 6.54 Å². The Morgan fingerprint density at radius 3 is 2.72 bits per heavy atom. The molecule has 0 aromatic heterocycles. The normalized spacial score (nSPS) is 12.6. The van der Waals surface area contributed by atoms with Gasteiger partial charge in [-0.15, -0.1) is 0 Å². The zero-order valence-electron chi connectivity index (χ0n) is 10.4. The Kier molecular flexibility index (Phi) is 6.68. The third-order valence-electron chi connectivity index (χ3n) is 2.55. The van der Waals surface area contributed by atoms with E-state index in [4.69, 9.17) is 0 Å². The van der Waals surface area contributed by atoms with E-state index >= 15 is 0 Å². The number of amides is 1. The fourth-order valence-corrected chi connectivity index (χ4v) is 1.64. The molecule has 0 saturated heterocycles. The summed E-state index contributed by atoms with van der Waals surface area (Å²) in [6.07, 6.45) is 4.24. The first-order chi connectivity index (χ1) is 8.61. The van der Waals surface area contributed by atoms with Crippen LogP contribution in [0.2, 0.25) is 0 Å². The molecular formula is C14H18BrNO2. The number of rotatable bonds is 6. The highest BCUT2D eigenvalue weighted by atomic mass is 79.9. The van der Waals surface area contributed by atoms with Gasteiger partial charge in [0.25, 0.3) is 0 Å². The molecule has 2 N–H and O–H groups in total. The number of carbonyl (C=O) groups is 1. The van der Waals surface area contributed by atoms with Crippen molar-refractivity contribution in [2.24, 2.45) is 0 Å². The average Bonchev–Trinajstić information content (AvgIpc) is 2.38. The van der Waals surface area contributed by atoms with Crippen molar-refractivity contribution in [3.05, 3.63) is 40.4 Å². The van der Waals surface area contributed by atoms with Crippen molar-refractivity contribution in [3.8, 4) is 0 Å². The number of nitrogens with one attached hydrogen (secondary N) is 1. The van der Waals surface area contributed by atoms with Crippen LogP contribution < -0.4 is 5.32 Å². The lowest BCUT2D eigenvalue weighted by atomic mass is 10.2. The average molecular weight is 312 g/mol. The molecule has 18 heavy (non-hydrogen) atoms. The highest BCUT2D eigenvalue weighted by Gasteiger charge is 2.01. The van der Waals surface area contributed by atoms with Crippen LogP contribution in [0.5, 0.6) is 0 Å². The first-order valence-electron chi connectivity index (χ1n) is 6.01. The molecule has 0 aliphatic rings. The molecule has 1 atom stereocenters. The van der Waals surface area contributed by atoms with Crippen molar-refractivity contribution in [1.82, 2.24) is 5.32 Å². The van der Waals surface area contributed by atoms with E-state index in [1.807, 2.05) is 31.2 Å². The van der Waals surface area contributed by atoms with Gasteiger partial charge < -0.3 is 10.4 Å². The van der Waals surface area contributed by atoms with Gasteiger partial charge in [-0.3, -0.25) is 4.79 Å². The molecule has 0 fully saturated rings. The Labute approximate surface area is 116 Å². The Morgan fingerprint density at radius 2 is 2.11 bits per heavy atom. The summed E-state index contributed by atoms with van der Waals surface area (Å²) in [5.41, 5.74) is 0.974. The molecule has 98 valence electrons. The van der Waals surface area contributed by atoms with Gasteiger partial charge in [0.1, 0.15) is 0 Å². The molecule has 0 saturated carbocycles. The number of halogens is 1. The maximum Gasteiger partial charge on any atom is 0.244 e. The molecule has 3 nitrogen and oxygen atoms in total. The van der Waals surface area contributed by atoms with Gasteiger partial charge in [-0.2, -0.15) is 0 Å². The standard InChI is InChI=1S/C14H18BrNO2/c1-2-13(17)9-10-16-14(18)8-5-11-3-6-12(15)7-4-11/h3-8,13,17H,2,9-10H2,1H3,(H,16,18)/b8-5+. The molecule has 1 aromatic rings. The van der Waals surface area contributed by atoms with E-state index in [9.17, 15) is 9.90 Å². The summed E-state index contributed by atoms with van der Waals surface area (Å²) in [6.45, 7) is 2.42. The molecule has 4 heteroatoms. The quantitative estimate of drug-likeness (QED) is 0.794. The summed E-state index contributed by atoms with van der Waals surface area (Å²) in [5, 5.41) is 12.1. The zero-order valence-corrected chi connectivity index (χ0v) is 12.0. The van der Waals surface area contributed by atoms with Gasteiger partial charge in [0, 0.05) is 17.1 Å². The molecular weight excluding hydrogens is 294 g/mol. The first-order valence-corrected chi connectivity index (χ1v) is 6.80. The molecule has 0 radical (unpaired) electrons. The van der Waals surface area contributed by atoms with Gasteiger partial charge in [-0.1, -0.05) is 35.0 Å². The number of aliphatic hydroxyl groups is 1. The SMILES string of the molecule is CCC(O)CCNC(=O)/C=C/c1ccc(Br)cc1. The predicted molar refractivity (Wildman–Crippen MR) is 77.1 cm³/mol. The summed E-state index contributed by atoms with van der Waals surface area (Å²) in [7, 11) is 0. The van der Waals surface area contributed by atoms with Crippen LogP contribution >= 0.6 is 15.9 Å². The minimum absolute atomic E-state index is 0.138. The second kappa shape index (κ2) is 8.06. The van der Waals surface area contributed by atoms with Gasteiger partial charge in [-0.05, 0) is 36.6 Å². The minimum Gasteiger partial charge on any atom is -0.393 e. The predicted octanol–water partition coefficient (Wildman–Crippen LogP) is 2.74. The van der Waals surface area contributed by atoms with Crippen LogP contribution in [0, 0.1) is 0 Å². The number of hydrogen-bond acceptors (Lipinski definition) is 2. The lowest BCUT2D eigenvalue weighted by Crippen LogP contribution is -2.25. The lowest BCUT2D eigenvalue weighted by molar-refractivity contribution is -0.116. The van der Waals surface area contributed by atoms with Gasteiger partial charge in [0.05, 0.1) is 6.10 Å². The van der Waals surface area contributed by atoms with E-state index in [0.29, 0.717) is 19.4 Å². The topological polar surface area (TPSA) is 49.3 Å². The van der Waals surface area contributed by atoms with Gasteiger partial charge in [-0.25, -0.2) is 0 Å². The molecule has 0 aliphatic heterocycles. The van der Waals surface area contributed by atoms with Gasteiger partial charge in [0.2, 0.25) is 5.91 Å². The second-order valence-electron chi connectivity index (χ2n) is 4.03. The molecule has 0 spiro atoms. The van der Waals surface area contributed by atoms with Crippen LogP contribution in [0.25, 0.3) is 6.08 Å². The van der Waals surface area contributed by atoms with Crippen molar-refractivity contribution in [1.29, 1.82) is 0 Å². The van der Waals surface area contributed by atoms with Crippen LogP contribution in [-0.2, 0) is 4.79 Å². The van der Waals surface area contributed by atoms with Crippen molar-refractivity contribution in [2.45, 2.75) is 25.9 Å². The summed E-state index contributed by atoms with van der Waals surface area (Å²) in [6, 6.07) is 7.70. The van der Waals surface area contributed by atoms with Gasteiger partial charge in [0.15, 0.2) is 0 Å². The highest BCUT2D eigenvalue weighted by Crippen LogP contribution is 2.11. The maximum atomic E-state index is 11.5. The van der Waals surface area contributed by atoms with Gasteiger partial charge >= 0.3 is 0 Å². The summed E-state index contributed by atoms with van der Waals surface area (Å²) < 4.78 is 1.01. The van der Waals surface area contributed by atoms with Crippen molar-refractivity contribution < 1.29 is 9.90 Å². The fourth-order valence-electron chi connectivity index (χ4n) is 1.37. The van der Waals surface area contributed by atoms with E-state index < -0.39 is 0 Å². The largest absolute Gasteiger partial charge is 0.393 e. The van der Waals surface area contributed by atoms with Crippen LogP contribution in [0.15, 0.2) is 34.8 Å². The highest BCUT2D eigenvalue weighted by molar-refractivity contribution is 9.10. The Bertz CT molecular complexity index is 401. The minimum atomic E-state index is -0.333. The van der Waals surface area contributed by atoms with Crippen molar-refractivity contribution in [3.63, 3.8) is 0 Å². The number of hydrogen-bond donors (Lipinski definition) is 2. The number of carbonyl (C=O) groups excluding carboxylic acids is 1. The van der Waals surface area contributed by atoms with E-state index in [1.54, 1.807) is 6.08 Å². The second-order valence-corrected chi connectivity index (χ2v) is 4.94. The van der Waals surface area contributed by atoms with Crippen molar-refractivity contribution >= 4 is 27.9 Å². The fraction of sp³-hybridized carbons (Fsp3) is 0.357. The molecule has 1 unspecified atom stereocenters. The molecule has 0 aliphatic carbocycles. The Hall–Kier alpha value is -1.13. The first kappa shape index (κ1) is 14.9. The van der Waals surface area contributed by atoms with Crippen LogP contribution in [0.4, 0.5) is 0 Å². The van der Waals surface area contributed by atoms with Crippen LogP contribution in [0.1, 0.15) is 25.3 Å².